The number of hydrogen-bond acceptors (Lipinski definition) is 4. The Morgan fingerprint density at radius 3 is 2.36 bits per heavy atom. The number of rotatable bonds is 6. The van der Waals surface area contributed by atoms with E-state index in [0.717, 1.165) is 6.54 Å². The summed E-state index contributed by atoms with van der Waals surface area (Å²) >= 11 is 0. The molecule has 0 aromatic rings. The zero-order valence-corrected chi connectivity index (χ0v) is 9.13. The largest absolute Gasteiger partial charge is 0.448 e. The molecule has 0 spiro atoms. The first-order valence-electron chi connectivity index (χ1n) is 4.69. The van der Waals surface area contributed by atoms with Crippen molar-refractivity contribution in [3.63, 3.8) is 0 Å². The van der Waals surface area contributed by atoms with E-state index < -0.39 is 6.09 Å². The summed E-state index contributed by atoms with van der Waals surface area (Å²) in [6, 6.07) is 0. The van der Waals surface area contributed by atoms with E-state index in [1.54, 1.807) is 0 Å². The number of primary amides is 1. The minimum Gasteiger partial charge on any atom is -0.448 e. The maximum atomic E-state index is 10.2. The third kappa shape index (κ3) is 11.2. The van der Waals surface area contributed by atoms with Crippen LogP contribution in [0.25, 0.3) is 0 Å². The van der Waals surface area contributed by atoms with E-state index in [0.29, 0.717) is 19.8 Å². The number of nitrogens with two attached hydrogens (primary N) is 1. The van der Waals surface area contributed by atoms with Crippen molar-refractivity contribution in [2.75, 3.05) is 26.3 Å². The zero-order chi connectivity index (χ0) is 11.0. The maximum absolute atomic E-state index is 10.2. The second kappa shape index (κ2) is 6.62. The van der Waals surface area contributed by atoms with Gasteiger partial charge in [-0.05, 0) is 20.8 Å². The predicted molar refractivity (Wildman–Crippen MR) is 54.1 cm³/mol. The third-order valence-corrected chi connectivity index (χ3v) is 1.34. The van der Waals surface area contributed by atoms with Crippen LogP contribution in [-0.4, -0.2) is 38.0 Å². The molecule has 5 nitrogen and oxygen atoms in total. The average Bonchev–Trinajstić information content (AvgIpc) is 2.00. The molecule has 0 aromatic heterocycles. The molecule has 0 aliphatic heterocycles. The number of hydrogen-bond donors (Lipinski definition) is 2. The molecular weight excluding hydrogens is 184 g/mol. The summed E-state index contributed by atoms with van der Waals surface area (Å²) in [6.45, 7) is 8.27. The van der Waals surface area contributed by atoms with Gasteiger partial charge in [0, 0.05) is 13.1 Å². The summed E-state index contributed by atoms with van der Waals surface area (Å²) in [4.78, 5) is 10.2. The molecule has 0 rings (SSSR count). The quantitative estimate of drug-likeness (QED) is 0.617. The summed E-state index contributed by atoms with van der Waals surface area (Å²) in [7, 11) is 0. The van der Waals surface area contributed by atoms with Gasteiger partial charge >= 0.3 is 6.09 Å². The summed E-state index contributed by atoms with van der Waals surface area (Å²) in [5, 5.41) is 3.06. The van der Waals surface area contributed by atoms with Crippen molar-refractivity contribution in [3.05, 3.63) is 0 Å². The van der Waals surface area contributed by atoms with Crippen molar-refractivity contribution in [3.8, 4) is 0 Å². The van der Waals surface area contributed by atoms with Crippen LogP contribution < -0.4 is 11.1 Å². The molecule has 0 saturated heterocycles. The Morgan fingerprint density at radius 1 is 1.29 bits per heavy atom. The van der Waals surface area contributed by atoms with Crippen LogP contribution in [-0.2, 0) is 9.47 Å². The van der Waals surface area contributed by atoms with Crippen molar-refractivity contribution in [2.45, 2.75) is 26.4 Å². The minimum atomic E-state index is -0.738. The average molecular weight is 204 g/mol. The molecule has 0 radical (unpaired) electrons. The Hall–Kier alpha value is -0.810. The Morgan fingerprint density at radius 2 is 1.86 bits per heavy atom. The van der Waals surface area contributed by atoms with Gasteiger partial charge < -0.3 is 20.5 Å². The van der Waals surface area contributed by atoms with Gasteiger partial charge in [-0.25, -0.2) is 4.79 Å². The zero-order valence-electron chi connectivity index (χ0n) is 9.13. The van der Waals surface area contributed by atoms with Gasteiger partial charge in [0.2, 0.25) is 0 Å². The van der Waals surface area contributed by atoms with Crippen molar-refractivity contribution in [1.29, 1.82) is 0 Å². The highest BCUT2D eigenvalue weighted by atomic mass is 16.5. The predicted octanol–water partition coefficient (Wildman–Crippen LogP) is 0.486. The van der Waals surface area contributed by atoms with E-state index in [1.807, 2.05) is 20.8 Å². The van der Waals surface area contributed by atoms with Gasteiger partial charge in [-0.2, -0.15) is 0 Å². The van der Waals surface area contributed by atoms with Crippen molar-refractivity contribution < 1.29 is 14.3 Å². The molecule has 0 aromatic carbocycles. The highest BCUT2D eigenvalue weighted by Crippen LogP contribution is 2.04. The lowest BCUT2D eigenvalue weighted by Gasteiger charge is -2.19. The van der Waals surface area contributed by atoms with Crippen LogP contribution in [0.4, 0.5) is 4.79 Å². The van der Waals surface area contributed by atoms with E-state index in [1.165, 1.54) is 0 Å². The van der Waals surface area contributed by atoms with Gasteiger partial charge in [-0.15, -0.1) is 0 Å². The number of nitrogens with one attached hydrogen (secondary N) is 1. The van der Waals surface area contributed by atoms with Crippen LogP contribution in [0.5, 0.6) is 0 Å². The van der Waals surface area contributed by atoms with Crippen molar-refractivity contribution in [1.82, 2.24) is 5.32 Å². The van der Waals surface area contributed by atoms with Crippen LogP contribution in [0.3, 0.4) is 0 Å². The second-order valence-corrected chi connectivity index (χ2v) is 3.88. The monoisotopic (exact) mass is 204 g/mol. The van der Waals surface area contributed by atoms with Crippen LogP contribution in [0.15, 0.2) is 0 Å². The summed E-state index contributed by atoms with van der Waals surface area (Å²) in [5.74, 6) is 0. The first-order valence-corrected chi connectivity index (χ1v) is 4.69. The SMILES string of the molecule is CC(C)(C)OCCNCCOC(N)=O. The fourth-order valence-corrected chi connectivity index (χ4v) is 0.778. The number of amides is 1. The molecule has 3 N–H and O–H groups in total. The fraction of sp³-hybridized carbons (Fsp3) is 0.889. The molecule has 5 heteroatoms. The Kier molecular flexibility index (Phi) is 6.23. The summed E-state index contributed by atoms with van der Waals surface area (Å²) < 4.78 is 9.99. The molecule has 84 valence electrons. The lowest BCUT2D eigenvalue weighted by molar-refractivity contribution is -0.000994. The van der Waals surface area contributed by atoms with Gasteiger partial charge in [0.25, 0.3) is 0 Å². The normalized spacial score (nSPS) is 11.4. The molecule has 0 fully saturated rings. The van der Waals surface area contributed by atoms with Gasteiger partial charge in [0.1, 0.15) is 6.61 Å². The molecule has 14 heavy (non-hydrogen) atoms. The smallest absolute Gasteiger partial charge is 0.404 e. The van der Waals surface area contributed by atoms with Gasteiger partial charge in [-0.3, -0.25) is 0 Å². The van der Waals surface area contributed by atoms with E-state index >= 15 is 0 Å². The first-order chi connectivity index (χ1) is 6.42. The molecule has 0 aliphatic carbocycles. The van der Waals surface area contributed by atoms with Gasteiger partial charge in [0.15, 0.2) is 0 Å². The molecule has 0 unspecified atom stereocenters. The number of ether oxygens (including phenoxy) is 2. The molecule has 1 amide bonds. The summed E-state index contributed by atoms with van der Waals surface area (Å²) in [5.41, 5.74) is 4.67. The highest BCUT2D eigenvalue weighted by molar-refractivity contribution is 5.64. The Labute approximate surface area is 84.9 Å². The second-order valence-electron chi connectivity index (χ2n) is 3.88. The number of carbonyl (C=O) groups excluding carboxylic acids is 1. The minimum absolute atomic E-state index is 0.106. The Bertz CT molecular complexity index is 166. The van der Waals surface area contributed by atoms with E-state index in [2.05, 4.69) is 10.1 Å². The van der Waals surface area contributed by atoms with Crippen molar-refractivity contribution in [2.24, 2.45) is 5.73 Å². The van der Waals surface area contributed by atoms with Crippen molar-refractivity contribution >= 4 is 6.09 Å². The standard InChI is InChI=1S/C9H20N2O3/c1-9(2,3)14-7-5-11-4-6-13-8(10)12/h11H,4-7H2,1-3H3,(H2,10,12). The third-order valence-electron chi connectivity index (χ3n) is 1.34. The van der Waals surface area contributed by atoms with Crippen LogP contribution in [0.1, 0.15) is 20.8 Å². The van der Waals surface area contributed by atoms with E-state index in [-0.39, 0.29) is 5.60 Å². The topological polar surface area (TPSA) is 73.6 Å². The molecule has 0 heterocycles. The van der Waals surface area contributed by atoms with Crippen LogP contribution >= 0.6 is 0 Å². The van der Waals surface area contributed by atoms with Crippen LogP contribution in [0, 0.1) is 0 Å². The summed E-state index contributed by atoms with van der Waals surface area (Å²) in [6.07, 6.45) is -0.738. The molecule has 0 saturated carbocycles. The highest BCUT2D eigenvalue weighted by Gasteiger charge is 2.08. The Balaban J connectivity index is 3.11. The van der Waals surface area contributed by atoms with E-state index in [9.17, 15) is 4.79 Å². The maximum Gasteiger partial charge on any atom is 0.404 e. The van der Waals surface area contributed by atoms with Gasteiger partial charge in [0.05, 0.1) is 12.2 Å². The molecule has 0 atom stereocenters. The molecular formula is C9H20N2O3. The lowest BCUT2D eigenvalue weighted by Crippen LogP contribution is -2.29. The van der Waals surface area contributed by atoms with Crippen LogP contribution in [0.2, 0.25) is 0 Å². The number of carbonyl (C=O) groups is 1. The fourth-order valence-electron chi connectivity index (χ4n) is 0.778. The first kappa shape index (κ1) is 13.2. The molecule has 0 aliphatic rings. The molecule has 0 bridgehead atoms. The van der Waals surface area contributed by atoms with E-state index in [4.69, 9.17) is 10.5 Å². The van der Waals surface area contributed by atoms with Gasteiger partial charge in [-0.1, -0.05) is 0 Å². The lowest BCUT2D eigenvalue weighted by atomic mass is 10.2.